The van der Waals surface area contributed by atoms with Gasteiger partial charge in [0.15, 0.2) is 0 Å². The topological polar surface area (TPSA) is 74.7 Å². The van der Waals surface area contributed by atoms with Gasteiger partial charge in [-0.25, -0.2) is 4.98 Å². The lowest BCUT2D eigenvalue weighted by Gasteiger charge is -2.54. The lowest BCUT2D eigenvalue weighted by molar-refractivity contribution is -0.140. The maximum absolute atomic E-state index is 13.5. The number of aryl methyl sites for hydroxylation is 1. The normalized spacial score (nSPS) is 24.5. The number of hydrogen-bond donors (Lipinski definition) is 1. The SMILES string of the molecule is CC(=O)N1CC2CC(C1)C2CC1CCN=CC(Cl)=C1C(=O)Nc1ncc(C#Cc2ccccc2)cc1C. The van der Waals surface area contributed by atoms with Crippen molar-refractivity contribution >= 4 is 35.4 Å². The highest BCUT2D eigenvalue weighted by Crippen LogP contribution is 2.50. The van der Waals surface area contributed by atoms with Gasteiger partial charge < -0.3 is 10.2 Å². The van der Waals surface area contributed by atoms with Gasteiger partial charge in [-0.1, -0.05) is 41.6 Å². The molecule has 4 aliphatic rings. The van der Waals surface area contributed by atoms with E-state index in [0.717, 1.165) is 42.6 Å². The number of fused-ring (bicyclic) bond motifs is 2. The van der Waals surface area contributed by atoms with E-state index < -0.39 is 0 Å². The van der Waals surface area contributed by atoms with Gasteiger partial charge in [-0.05, 0) is 73.6 Å². The molecule has 6 nitrogen and oxygen atoms in total. The summed E-state index contributed by atoms with van der Waals surface area (Å²) in [6, 6.07) is 11.7. The molecule has 2 saturated heterocycles. The molecule has 3 unspecified atom stereocenters. The van der Waals surface area contributed by atoms with Crippen molar-refractivity contribution in [1.82, 2.24) is 9.88 Å². The lowest BCUT2D eigenvalue weighted by Crippen LogP contribution is -2.56. The highest BCUT2D eigenvalue weighted by atomic mass is 35.5. The predicted octanol–water partition coefficient (Wildman–Crippen LogP) is 4.82. The number of nitrogens with one attached hydrogen (secondary N) is 1. The van der Waals surface area contributed by atoms with Gasteiger partial charge in [0.25, 0.3) is 5.91 Å². The summed E-state index contributed by atoms with van der Waals surface area (Å²) in [7, 11) is 0. The summed E-state index contributed by atoms with van der Waals surface area (Å²) in [6.45, 7) is 5.84. The van der Waals surface area contributed by atoms with Crippen LogP contribution in [-0.2, 0) is 9.59 Å². The Bertz CT molecular complexity index is 1310. The standard InChI is InChI=1S/C30H31ClN4O2/c1-19-12-22(9-8-21-6-4-3-5-7-21)15-33-29(19)34-30(37)28-23(10-11-32-16-27(28)31)14-26-24-13-25(26)18-35(17-24)20(2)36/h3-7,12,15-16,23-26H,10-11,13-14,17-18H2,1-2H3,(H,33,34,37). The molecule has 190 valence electrons. The number of anilines is 1. The number of hydrogen-bond acceptors (Lipinski definition) is 4. The molecule has 37 heavy (non-hydrogen) atoms. The molecule has 4 heterocycles. The first-order valence-electron chi connectivity index (χ1n) is 12.9. The molecular formula is C30H31ClN4O2. The molecule has 1 aromatic heterocycles. The Labute approximate surface area is 223 Å². The third-order valence-electron chi connectivity index (χ3n) is 7.88. The van der Waals surface area contributed by atoms with E-state index in [1.54, 1.807) is 19.3 Å². The Balaban J connectivity index is 1.29. The molecule has 2 amide bonds. The fourth-order valence-corrected chi connectivity index (χ4v) is 6.20. The van der Waals surface area contributed by atoms with Gasteiger partial charge in [0, 0.05) is 55.7 Å². The van der Waals surface area contributed by atoms with Gasteiger partial charge in [0.1, 0.15) is 5.82 Å². The van der Waals surface area contributed by atoms with Gasteiger partial charge in [0.05, 0.1) is 5.03 Å². The van der Waals surface area contributed by atoms with Crippen molar-refractivity contribution in [3.63, 3.8) is 0 Å². The van der Waals surface area contributed by atoms with Crippen LogP contribution in [0.2, 0.25) is 0 Å². The van der Waals surface area contributed by atoms with Gasteiger partial charge in [-0.15, -0.1) is 0 Å². The first-order chi connectivity index (χ1) is 17.9. The second-order valence-electron chi connectivity index (χ2n) is 10.3. The van der Waals surface area contributed by atoms with Gasteiger partial charge in [-0.2, -0.15) is 0 Å². The summed E-state index contributed by atoms with van der Waals surface area (Å²) in [5.74, 6) is 8.23. The number of aromatic nitrogens is 1. The molecule has 1 saturated carbocycles. The van der Waals surface area contributed by atoms with E-state index in [2.05, 4.69) is 27.1 Å². The first kappa shape index (κ1) is 25.2. The smallest absolute Gasteiger partial charge is 0.254 e. The molecule has 6 rings (SSSR count). The van der Waals surface area contributed by atoms with E-state index in [1.807, 2.05) is 48.2 Å². The number of halogens is 1. The van der Waals surface area contributed by atoms with Crippen LogP contribution < -0.4 is 5.32 Å². The molecule has 3 fully saturated rings. The second-order valence-corrected chi connectivity index (χ2v) is 10.7. The number of rotatable bonds is 4. The zero-order chi connectivity index (χ0) is 25.9. The summed E-state index contributed by atoms with van der Waals surface area (Å²) in [4.78, 5) is 36.2. The molecule has 1 N–H and O–H groups in total. The Morgan fingerprint density at radius 2 is 1.86 bits per heavy atom. The lowest BCUT2D eigenvalue weighted by atomic mass is 9.58. The third kappa shape index (κ3) is 5.62. The average molecular weight is 515 g/mol. The van der Waals surface area contributed by atoms with E-state index >= 15 is 0 Å². The Hall–Kier alpha value is -3.43. The molecule has 0 radical (unpaired) electrons. The zero-order valence-electron chi connectivity index (χ0n) is 21.2. The Kier molecular flexibility index (Phi) is 7.43. The molecule has 7 heteroatoms. The van der Waals surface area contributed by atoms with Crippen LogP contribution in [0.25, 0.3) is 0 Å². The van der Waals surface area contributed by atoms with E-state index in [4.69, 9.17) is 11.6 Å². The molecule has 2 aromatic rings. The summed E-state index contributed by atoms with van der Waals surface area (Å²) < 4.78 is 0. The Morgan fingerprint density at radius 1 is 1.14 bits per heavy atom. The summed E-state index contributed by atoms with van der Waals surface area (Å²) >= 11 is 6.62. The van der Waals surface area contributed by atoms with Crippen molar-refractivity contribution < 1.29 is 9.59 Å². The summed E-state index contributed by atoms with van der Waals surface area (Å²) in [6.07, 6.45) is 6.13. The Morgan fingerprint density at radius 3 is 2.57 bits per heavy atom. The van der Waals surface area contributed by atoms with Gasteiger partial charge >= 0.3 is 0 Å². The number of nitrogens with zero attached hydrogens (tertiary/aromatic N) is 3. The van der Waals surface area contributed by atoms with Crippen LogP contribution in [-0.4, -0.2) is 47.5 Å². The molecule has 0 spiro atoms. The zero-order valence-corrected chi connectivity index (χ0v) is 22.0. The second kappa shape index (κ2) is 10.9. The van der Waals surface area contributed by atoms with Crippen molar-refractivity contribution in [3.8, 4) is 11.8 Å². The highest BCUT2D eigenvalue weighted by Gasteiger charge is 2.48. The minimum atomic E-state index is -0.225. The number of benzene rings is 1. The van der Waals surface area contributed by atoms with Crippen LogP contribution in [0.3, 0.4) is 0 Å². The van der Waals surface area contributed by atoms with Crippen molar-refractivity contribution in [3.05, 3.63) is 69.9 Å². The molecule has 3 aliphatic heterocycles. The van der Waals surface area contributed by atoms with Crippen molar-refractivity contribution in [1.29, 1.82) is 0 Å². The van der Waals surface area contributed by atoms with Crippen LogP contribution in [0.4, 0.5) is 5.82 Å². The van der Waals surface area contributed by atoms with E-state index in [-0.39, 0.29) is 17.7 Å². The van der Waals surface area contributed by atoms with Gasteiger partial charge in [0.2, 0.25) is 5.91 Å². The molecular weight excluding hydrogens is 484 g/mol. The molecule has 2 bridgehead atoms. The minimum absolute atomic E-state index is 0.0190. The number of allylic oxidation sites excluding steroid dienone is 1. The average Bonchev–Trinajstić information content (AvgIpc) is 3.08. The molecule has 1 aliphatic carbocycles. The van der Waals surface area contributed by atoms with E-state index in [1.165, 1.54) is 6.42 Å². The fourth-order valence-electron chi connectivity index (χ4n) is 5.89. The fraction of sp³-hybridized carbons (Fsp3) is 0.400. The van der Waals surface area contributed by atoms with Gasteiger partial charge in [-0.3, -0.25) is 14.6 Å². The number of piperidine rings is 2. The predicted molar refractivity (Wildman–Crippen MR) is 146 cm³/mol. The third-order valence-corrected chi connectivity index (χ3v) is 8.19. The maximum Gasteiger partial charge on any atom is 0.254 e. The number of carbonyl (C=O) groups excluding carboxylic acids is 2. The quantitative estimate of drug-likeness (QED) is 0.595. The van der Waals surface area contributed by atoms with E-state index in [0.29, 0.717) is 40.7 Å². The first-order valence-corrected chi connectivity index (χ1v) is 13.3. The van der Waals surface area contributed by atoms with Crippen molar-refractivity contribution in [2.75, 3.05) is 25.0 Å². The minimum Gasteiger partial charge on any atom is -0.342 e. The maximum atomic E-state index is 13.5. The summed E-state index contributed by atoms with van der Waals surface area (Å²) in [5.41, 5.74) is 3.14. The van der Waals surface area contributed by atoms with Crippen LogP contribution >= 0.6 is 11.6 Å². The molecule has 1 aromatic carbocycles. The van der Waals surface area contributed by atoms with Crippen molar-refractivity contribution in [2.24, 2.45) is 28.7 Å². The number of aliphatic imine (C=N–C) groups is 1. The monoisotopic (exact) mass is 514 g/mol. The number of amides is 2. The number of pyridine rings is 1. The van der Waals surface area contributed by atoms with Crippen LogP contribution in [0.15, 0.2) is 58.2 Å². The molecule has 3 atom stereocenters. The van der Waals surface area contributed by atoms with Crippen molar-refractivity contribution in [2.45, 2.75) is 33.1 Å². The van der Waals surface area contributed by atoms with Crippen LogP contribution in [0.1, 0.15) is 42.9 Å². The number of carbonyl (C=O) groups is 2. The van der Waals surface area contributed by atoms with Crippen LogP contribution in [0.5, 0.6) is 0 Å². The van der Waals surface area contributed by atoms with E-state index in [9.17, 15) is 9.59 Å². The van der Waals surface area contributed by atoms with Crippen LogP contribution in [0, 0.1) is 42.4 Å². The largest absolute Gasteiger partial charge is 0.342 e. The highest BCUT2D eigenvalue weighted by molar-refractivity contribution is 6.41. The summed E-state index contributed by atoms with van der Waals surface area (Å²) in [5, 5.41) is 3.40.